The van der Waals surface area contributed by atoms with Crippen molar-refractivity contribution in [3.05, 3.63) is 21.9 Å². The average molecular weight is 264 g/mol. The minimum atomic E-state index is 0.752. The first-order valence-corrected chi connectivity index (χ1v) is 8.19. The van der Waals surface area contributed by atoms with Crippen LogP contribution in [0.5, 0.6) is 0 Å². The van der Waals surface area contributed by atoms with Crippen LogP contribution in [-0.2, 0) is 13.0 Å². The summed E-state index contributed by atoms with van der Waals surface area (Å²) in [6.45, 7) is 3.74. The van der Waals surface area contributed by atoms with Crippen molar-refractivity contribution in [1.82, 2.24) is 10.2 Å². The van der Waals surface area contributed by atoms with Gasteiger partial charge in [-0.1, -0.05) is 12.8 Å². The van der Waals surface area contributed by atoms with Crippen molar-refractivity contribution >= 4 is 11.3 Å². The quantitative estimate of drug-likeness (QED) is 0.903. The van der Waals surface area contributed by atoms with Gasteiger partial charge in [0.25, 0.3) is 0 Å². The Bertz CT molecular complexity index is 388. The normalized spacial score (nSPS) is 29.2. The fourth-order valence-corrected chi connectivity index (χ4v) is 4.49. The molecule has 0 radical (unpaired) electrons. The zero-order chi connectivity index (χ0) is 12.4. The highest BCUT2D eigenvalue weighted by molar-refractivity contribution is 7.10. The predicted octanol–water partition coefficient (Wildman–Crippen LogP) is 2.88. The lowest BCUT2D eigenvalue weighted by Crippen LogP contribution is -2.44. The Labute approximate surface area is 114 Å². The zero-order valence-electron chi connectivity index (χ0n) is 11.3. The van der Waals surface area contributed by atoms with Crippen molar-refractivity contribution in [3.63, 3.8) is 0 Å². The van der Waals surface area contributed by atoms with Gasteiger partial charge < -0.3 is 5.32 Å². The molecule has 18 heavy (non-hydrogen) atoms. The van der Waals surface area contributed by atoms with Crippen molar-refractivity contribution < 1.29 is 0 Å². The monoisotopic (exact) mass is 264 g/mol. The molecule has 1 aliphatic heterocycles. The van der Waals surface area contributed by atoms with Gasteiger partial charge in [0.2, 0.25) is 0 Å². The standard InChI is InChI=1S/C15H24N2S/c1-16-14-5-3-2-4-12(14)10-17-8-6-15-13(11-17)7-9-18-15/h7,9,12,14,16H,2-6,8,10-11H2,1H3. The van der Waals surface area contributed by atoms with Gasteiger partial charge >= 0.3 is 0 Å². The molecule has 0 saturated heterocycles. The molecule has 3 rings (SSSR count). The van der Waals surface area contributed by atoms with Crippen LogP contribution < -0.4 is 5.32 Å². The van der Waals surface area contributed by atoms with E-state index in [-0.39, 0.29) is 0 Å². The first-order chi connectivity index (χ1) is 8.86. The summed E-state index contributed by atoms with van der Waals surface area (Å²) < 4.78 is 0. The van der Waals surface area contributed by atoms with E-state index in [4.69, 9.17) is 0 Å². The minimum Gasteiger partial charge on any atom is -0.317 e. The van der Waals surface area contributed by atoms with Gasteiger partial charge in [0.15, 0.2) is 0 Å². The first-order valence-electron chi connectivity index (χ1n) is 7.31. The van der Waals surface area contributed by atoms with Crippen molar-refractivity contribution in [3.8, 4) is 0 Å². The molecule has 2 heterocycles. The molecular formula is C15H24N2S. The van der Waals surface area contributed by atoms with Crippen LogP contribution in [0.1, 0.15) is 36.1 Å². The second-order valence-corrected chi connectivity index (χ2v) is 6.79. The van der Waals surface area contributed by atoms with E-state index in [1.807, 2.05) is 11.3 Å². The van der Waals surface area contributed by atoms with E-state index in [0.717, 1.165) is 12.0 Å². The lowest BCUT2D eigenvalue weighted by molar-refractivity contribution is 0.161. The van der Waals surface area contributed by atoms with Crippen LogP contribution >= 0.6 is 11.3 Å². The zero-order valence-corrected chi connectivity index (χ0v) is 12.1. The van der Waals surface area contributed by atoms with Gasteiger partial charge in [-0.15, -0.1) is 11.3 Å². The number of nitrogens with one attached hydrogen (secondary N) is 1. The Hall–Kier alpha value is -0.380. The van der Waals surface area contributed by atoms with Gasteiger partial charge in [-0.05, 0) is 49.2 Å². The predicted molar refractivity (Wildman–Crippen MR) is 78.1 cm³/mol. The topological polar surface area (TPSA) is 15.3 Å². The fourth-order valence-electron chi connectivity index (χ4n) is 3.60. The molecule has 1 N–H and O–H groups in total. The molecule has 3 heteroatoms. The highest BCUT2D eigenvalue weighted by atomic mass is 32.1. The van der Waals surface area contributed by atoms with E-state index >= 15 is 0 Å². The molecule has 2 unspecified atom stereocenters. The molecule has 0 bridgehead atoms. The SMILES string of the molecule is CNC1CCCCC1CN1CCc2sccc2C1. The largest absolute Gasteiger partial charge is 0.317 e. The summed E-state index contributed by atoms with van der Waals surface area (Å²) in [6.07, 6.45) is 6.90. The van der Waals surface area contributed by atoms with E-state index < -0.39 is 0 Å². The fraction of sp³-hybridized carbons (Fsp3) is 0.733. The maximum Gasteiger partial charge on any atom is 0.0245 e. The lowest BCUT2D eigenvalue weighted by atomic mass is 9.84. The molecule has 1 saturated carbocycles. The van der Waals surface area contributed by atoms with Crippen LogP contribution in [0, 0.1) is 5.92 Å². The molecule has 2 nitrogen and oxygen atoms in total. The van der Waals surface area contributed by atoms with Gasteiger partial charge in [-0.2, -0.15) is 0 Å². The molecule has 1 aliphatic carbocycles. The summed E-state index contributed by atoms with van der Waals surface area (Å²) in [6, 6.07) is 3.07. The molecule has 1 aromatic heterocycles. The molecule has 2 atom stereocenters. The highest BCUT2D eigenvalue weighted by Crippen LogP contribution is 2.28. The van der Waals surface area contributed by atoms with Gasteiger partial charge in [-0.25, -0.2) is 0 Å². The summed E-state index contributed by atoms with van der Waals surface area (Å²) in [7, 11) is 2.14. The van der Waals surface area contributed by atoms with Crippen LogP contribution in [0.2, 0.25) is 0 Å². The summed E-state index contributed by atoms with van der Waals surface area (Å²) >= 11 is 1.94. The van der Waals surface area contributed by atoms with Crippen molar-refractivity contribution in [1.29, 1.82) is 0 Å². The summed E-state index contributed by atoms with van der Waals surface area (Å²) in [5, 5.41) is 5.79. The van der Waals surface area contributed by atoms with Crippen molar-refractivity contribution in [2.24, 2.45) is 5.92 Å². The van der Waals surface area contributed by atoms with Crippen LogP contribution in [0.25, 0.3) is 0 Å². The number of rotatable bonds is 3. The minimum absolute atomic E-state index is 0.752. The third kappa shape index (κ3) is 2.63. The Morgan fingerprint density at radius 1 is 1.39 bits per heavy atom. The molecule has 0 amide bonds. The molecule has 0 aromatic carbocycles. The second-order valence-electron chi connectivity index (χ2n) is 5.79. The summed E-state index contributed by atoms with van der Waals surface area (Å²) in [4.78, 5) is 4.30. The van der Waals surface area contributed by atoms with Crippen LogP contribution in [0.4, 0.5) is 0 Å². The van der Waals surface area contributed by atoms with Gasteiger partial charge in [0.05, 0.1) is 0 Å². The molecular weight excluding hydrogens is 240 g/mol. The Morgan fingerprint density at radius 3 is 3.17 bits per heavy atom. The van der Waals surface area contributed by atoms with Gasteiger partial charge in [0.1, 0.15) is 0 Å². The van der Waals surface area contributed by atoms with E-state index in [1.165, 1.54) is 51.7 Å². The molecule has 1 aromatic rings. The highest BCUT2D eigenvalue weighted by Gasteiger charge is 2.27. The second kappa shape index (κ2) is 5.72. The van der Waals surface area contributed by atoms with Crippen LogP contribution in [0.15, 0.2) is 11.4 Å². The summed E-state index contributed by atoms with van der Waals surface area (Å²) in [5.74, 6) is 0.865. The number of hydrogen-bond donors (Lipinski definition) is 1. The van der Waals surface area contributed by atoms with E-state index in [9.17, 15) is 0 Å². The van der Waals surface area contributed by atoms with E-state index in [0.29, 0.717) is 0 Å². The Balaban J connectivity index is 1.60. The molecule has 0 spiro atoms. The number of hydrogen-bond acceptors (Lipinski definition) is 3. The number of nitrogens with zero attached hydrogens (tertiary/aromatic N) is 1. The average Bonchev–Trinajstić information content (AvgIpc) is 2.87. The third-order valence-electron chi connectivity index (χ3n) is 4.66. The molecule has 1 fully saturated rings. The lowest BCUT2D eigenvalue weighted by Gasteiger charge is -2.36. The molecule has 100 valence electrons. The van der Waals surface area contributed by atoms with Gasteiger partial charge in [-0.3, -0.25) is 4.90 Å². The number of fused-ring (bicyclic) bond motifs is 1. The van der Waals surface area contributed by atoms with Crippen molar-refractivity contribution in [2.45, 2.75) is 44.7 Å². The van der Waals surface area contributed by atoms with Crippen LogP contribution in [0.3, 0.4) is 0 Å². The third-order valence-corrected chi connectivity index (χ3v) is 5.68. The van der Waals surface area contributed by atoms with Crippen molar-refractivity contribution in [2.75, 3.05) is 20.1 Å². The number of thiophene rings is 1. The van der Waals surface area contributed by atoms with Crippen LogP contribution in [-0.4, -0.2) is 31.1 Å². The molecule has 2 aliphatic rings. The maximum absolute atomic E-state index is 3.53. The Morgan fingerprint density at radius 2 is 2.28 bits per heavy atom. The van der Waals surface area contributed by atoms with E-state index in [2.05, 4.69) is 28.7 Å². The summed E-state index contributed by atoms with van der Waals surface area (Å²) in [5.41, 5.74) is 1.59. The van der Waals surface area contributed by atoms with Gasteiger partial charge in [0, 0.05) is 30.6 Å². The first kappa shape index (κ1) is 12.6. The Kier molecular flexibility index (Phi) is 4.02. The smallest absolute Gasteiger partial charge is 0.0245 e. The van der Waals surface area contributed by atoms with E-state index in [1.54, 1.807) is 10.4 Å². The maximum atomic E-state index is 3.53.